The lowest BCUT2D eigenvalue weighted by atomic mass is 10.0. The first-order valence-electron chi connectivity index (χ1n) is 5.30. The molecule has 0 bridgehead atoms. The van der Waals surface area contributed by atoms with Gasteiger partial charge in [0.25, 0.3) is 0 Å². The van der Waals surface area contributed by atoms with Gasteiger partial charge in [0, 0.05) is 5.56 Å². The Morgan fingerprint density at radius 2 is 1.89 bits per heavy atom. The molecule has 102 valence electrons. The first-order chi connectivity index (χ1) is 8.95. The summed E-state index contributed by atoms with van der Waals surface area (Å²) in [4.78, 5) is 0. The minimum atomic E-state index is -4.76. The summed E-state index contributed by atoms with van der Waals surface area (Å²) >= 11 is 0. The predicted molar refractivity (Wildman–Crippen MR) is 59.3 cm³/mol. The highest BCUT2D eigenvalue weighted by molar-refractivity contribution is 5.33. The SMILES string of the molecule is NNC(c1ccco1)c1cccc(C(F)(F)F)c1F. The van der Waals surface area contributed by atoms with Crippen molar-refractivity contribution < 1.29 is 22.0 Å². The molecule has 0 amide bonds. The topological polar surface area (TPSA) is 51.2 Å². The number of hydrogen-bond donors (Lipinski definition) is 2. The predicted octanol–water partition coefficient (Wildman–Crippen LogP) is 2.99. The molecule has 0 radical (unpaired) electrons. The van der Waals surface area contributed by atoms with Crippen LogP contribution in [0.25, 0.3) is 0 Å². The second-order valence-electron chi connectivity index (χ2n) is 3.82. The van der Waals surface area contributed by atoms with E-state index in [0.29, 0.717) is 6.07 Å². The molecule has 19 heavy (non-hydrogen) atoms. The van der Waals surface area contributed by atoms with Crippen molar-refractivity contribution in [1.82, 2.24) is 5.43 Å². The average Bonchev–Trinajstić information content (AvgIpc) is 2.84. The number of hydrogen-bond acceptors (Lipinski definition) is 3. The van der Waals surface area contributed by atoms with E-state index >= 15 is 0 Å². The van der Waals surface area contributed by atoms with E-state index in [0.717, 1.165) is 6.07 Å². The summed E-state index contributed by atoms with van der Waals surface area (Å²) in [6.07, 6.45) is -3.44. The molecule has 1 heterocycles. The maximum absolute atomic E-state index is 13.9. The Labute approximate surface area is 106 Å². The van der Waals surface area contributed by atoms with E-state index in [1.54, 1.807) is 0 Å². The van der Waals surface area contributed by atoms with E-state index < -0.39 is 23.6 Å². The van der Waals surface area contributed by atoms with Crippen LogP contribution in [0.5, 0.6) is 0 Å². The van der Waals surface area contributed by atoms with Crippen LogP contribution < -0.4 is 11.3 Å². The minimum absolute atomic E-state index is 0.223. The lowest BCUT2D eigenvalue weighted by Crippen LogP contribution is -2.29. The highest BCUT2D eigenvalue weighted by atomic mass is 19.4. The molecule has 0 aliphatic rings. The molecular weight excluding hydrogens is 264 g/mol. The maximum atomic E-state index is 13.9. The number of alkyl halides is 3. The van der Waals surface area contributed by atoms with Gasteiger partial charge in [-0.2, -0.15) is 13.2 Å². The summed E-state index contributed by atoms with van der Waals surface area (Å²) in [5, 5.41) is 0. The van der Waals surface area contributed by atoms with Crippen molar-refractivity contribution in [3.8, 4) is 0 Å². The molecule has 3 N–H and O–H groups in total. The third-order valence-electron chi connectivity index (χ3n) is 2.64. The lowest BCUT2D eigenvalue weighted by molar-refractivity contribution is -0.140. The van der Waals surface area contributed by atoms with Crippen molar-refractivity contribution >= 4 is 0 Å². The molecule has 1 aromatic carbocycles. The minimum Gasteiger partial charge on any atom is -0.467 e. The van der Waals surface area contributed by atoms with Crippen LogP contribution in [0, 0.1) is 5.82 Å². The number of rotatable bonds is 3. The average molecular weight is 274 g/mol. The van der Waals surface area contributed by atoms with E-state index in [4.69, 9.17) is 10.3 Å². The van der Waals surface area contributed by atoms with Crippen LogP contribution in [0.2, 0.25) is 0 Å². The molecule has 0 fully saturated rings. The fraction of sp³-hybridized carbons (Fsp3) is 0.167. The van der Waals surface area contributed by atoms with Crippen LogP contribution in [-0.2, 0) is 6.18 Å². The molecule has 2 rings (SSSR count). The molecule has 0 saturated heterocycles. The van der Waals surface area contributed by atoms with Gasteiger partial charge in [-0.25, -0.2) is 9.82 Å². The van der Waals surface area contributed by atoms with Crippen LogP contribution in [0.4, 0.5) is 17.6 Å². The third kappa shape index (κ3) is 2.61. The fourth-order valence-corrected chi connectivity index (χ4v) is 1.77. The van der Waals surface area contributed by atoms with Gasteiger partial charge in [0.1, 0.15) is 17.6 Å². The first-order valence-corrected chi connectivity index (χ1v) is 5.30. The quantitative estimate of drug-likeness (QED) is 0.514. The second-order valence-corrected chi connectivity index (χ2v) is 3.82. The summed E-state index contributed by atoms with van der Waals surface area (Å²) in [5.74, 6) is 4.12. The monoisotopic (exact) mass is 274 g/mol. The largest absolute Gasteiger partial charge is 0.467 e. The Bertz CT molecular complexity index is 551. The number of furan rings is 1. The third-order valence-corrected chi connectivity index (χ3v) is 2.64. The summed E-state index contributed by atoms with van der Waals surface area (Å²) in [6, 6.07) is 5.05. The normalized spacial score (nSPS) is 13.5. The second kappa shape index (κ2) is 5.02. The van der Waals surface area contributed by atoms with Gasteiger partial charge >= 0.3 is 6.18 Å². The summed E-state index contributed by atoms with van der Waals surface area (Å²) in [6.45, 7) is 0. The zero-order valence-electron chi connectivity index (χ0n) is 9.54. The number of hydrazine groups is 1. The summed E-state index contributed by atoms with van der Waals surface area (Å²) in [7, 11) is 0. The summed E-state index contributed by atoms with van der Waals surface area (Å²) in [5.41, 5.74) is 0.673. The smallest absolute Gasteiger partial charge is 0.419 e. The lowest BCUT2D eigenvalue weighted by Gasteiger charge is -2.17. The van der Waals surface area contributed by atoms with Crippen molar-refractivity contribution in [2.45, 2.75) is 12.2 Å². The van der Waals surface area contributed by atoms with E-state index in [1.807, 2.05) is 0 Å². The van der Waals surface area contributed by atoms with Crippen LogP contribution in [-0.4, -0.2) is 0 Å². The van der Waals surface area contributed by atoms with Gasteiger partial charge in [-0.15, -0.1) is 0 Å². The first kappa shape index (κ1) is 13.6. The van der Waals surface area contributed by atoms with Crippen molar-refractivity contribution in [3.63, 3.8) is 0 Å². The van der Waals surface area contributed by atoms with Gasteiger partial charge in [0.05, 0.1) is 11.8 Å². The van der Waals surface area contributed by atoms with E-state index in [9.17, 15) is 17.6 Å². The van der Waals surface area contributed by atoms with Gasteiger partial charge in [-0.3, -0.25) is 5.84 Å². The fourth-order valence-electron chi connectivity index (χ4n) is 1.77. The standard InChI is InChI=1S/C12H10F4N2O/c13-10-7(3-1-4-8(10)12(14,15)16)11(18-17)9-5-2-6-19-9/h1-6,11,18H,17H2. The van der Waals surface area contributed by atoms with Crippen molar-refractivity contribution in [3.05, 3.63) is 59.3 Å². The van der Waals surface area contributed by atoms with Crippen molar-refractivity contribution in [2.24, 2.45) is 5.84 Å². The van der Waals surface area contributed by atoms with E-state index in [-0.39, 0.29) is 11.3 Å². The van der Waals surface area contributed by atoms with Gasteiger partial charge in [0.15, 0.2) is 0 Å². The Morgan fingerprint density at radius 1 is 1.16 bits per heavy atom. The van der Waals surface area contributed by atoms with Crippen LogP contribution in [0.15, 0.2) is 41.0 Å². The molecular formula is C12H10F4N2O. The van der Waals surface area contributed by atoms with Gasteiger partial charge in [-0.05, 0) is 18.2 Å². The van der Waals surface area contributed by atoms with Gasteiger partial charge < -0.3 is 4.42 Å². The number of nitrogens with one attached hydrogen (secondary N) is 1. The van der Waals surface area contributed by atoms with Gasteiger partial charge in [-0.1, -0.05) is 12.1 Å². The van der Waals surface area contributed by atoms with Crippen molar-refractivity contribution in [1.29, 1.82) is 0 Å². The molecule has 0 aliphatic carbocycles. The van der Waals surface area contributed by atoms with Crippen LogP contribution >= 0.6 is 0 Å². The maximum Gasteiger partial charge on any atom is 0.419 e. The zero-order chi connectivity index (χ0) is 14.0. The Balaban J connectivity index is 2.51. The zero-order valence-corrected chi connectivity index (χ0v) is 9.54. The Morgan fingerprint density at radius 3 is 2.42 bits per heavy atom. The molecule has 1 atom stereocenters. The van der Waals surface area contributed by atoms with Crippen LogP contribution in [0.1, 0.15) is 22.9 Å². The Kier molecular flexibility index (Phi) is 3.59. The van der Waals surface area contributed by atoms with E-state index in [1.165, 1.54) is 24.5 Å². The van der Waals surface area contributed by atoms with E-state index in [2.05, 4.69) is 5.43 Å². The molecule has 7 heteroatoms. The molecule has 1 unspecified atom stereocenters. The summed E-state index contributed by atoms with van der Waals surface area (Å²) < 4.78 is 56.8. The molecule has 0 spiro atoms. The number of nitrogens with two attached hydrogens (primary N) is 1. The van der Waals surface area contributed by atoms with Crippen molar-refractivity contribution in [2.75, 3.05) is 0 Å². The highest BCUT2D eigenvalue weighted by Gasteiger charge is 2.36. The Hall–Kier alpha value is -1.86. The number of benzene rings is 1. The number of halogens is 4. The van der Waals surface area contributed by atoms with Gasteiger partial charge in [0.2, 0.25) is 0 Å². The molecule has 1 aromatic heterocycles. The molecule has 3 nitrogen and oxygen atoms in total. The molecule has 0 saturated carbocycles. The molecule has 2 aromatic rings. The van der Waals surface area contributed by atoms with Crippen LogP contribution in [0.3, 0.4) is 0 Å². The molecule has 0 aliphatic heterocycles. The highest BCUT2D eigenvalue weighted by Crippen LogP contribution is 2.35.